The van der Waals surface area contributed by atoms with Gasteiger partial charge in [-0.1, -0.05) is 25.1 Å². The minimum absolute atomic E-state index is 0.0515. The number of benzene rings is 2. The fourth-order valence-electron chi connectivity index (χ4n) is 5.30. The Morgan fingerprint density at radius 3 is 2.47 bits per heavy atom. The Balaban J connectivity index is 1.52. The lowest BCUT2D eigenvalue weighted by molar-refractivity contribution is 0.0962. The molecule has 1 fully saturated rings. The number of anilines is 2. The van der Waals surface area contributed by atoms with E-state index in [0.717, 1.165) is 12.8 Å². The first kappa shape index (κ1) is 29.9. The van der Waals surface area contributed by atoms with Crippen LogP contribution in [0.25, 0.3) is 27.9 Å². The summed E-state index contributed by atoms with van der Waals surface area (Å²) in [6.45, 7) is 1.77. The van der Waals surface area contributed by atoms with Crippen molar-refractivity contribution in [2.45, 2.75) is 32.2 Å². The molecule has 1 aliphatic carbocycles. The Hall–Kier alpha value is -5.10. The summed E-state index contributed by atoms with van der Waals surface area (Å²) >= 11 is 0. The third-order valence-corrected chi connectivity index (χ3v) is 9.00. The number of carbonyl (C=O) groups excluding carboxylic acids is 2. The number of nitrogens with one attached hydrogen (secondary N) is 2. The van der Waals surface area contributed by atoms with E-state index in [2.05, 4.69) is 20.1 Å². The molecular weight excluding hydrogens is 595 g/mol. The van der Waals surface area contributed by atoms with E-state index < -0.39 is 21.7 Å². The Labute approximate surface area is 260 Å². The van der Waals surface area contributed by atoms with Gasteiger partial charge in [-0.15, -0.1) is 0 Å². The highest BCUT2D eigenvalue weighted by molar-refractivity contribution is 7.92. The molecule has 2 aromatic carbocycles. The van der Waals surface area contributed by atoms with Gasteiger partial charge in [0.15, 0.2) is 0 Å². The van der Waals surface area contributed by atoms with E-state index in [1.54, 1.807) is 60.5 Å². The molecule has 0 aliphatic heterocycles. The minimum atomic E-state index is -3.74. The number of sulfonamides is 1. The molecule has 2 N–H and O–H groups in total. The molecular formula is C33H31FN6O4S. The van der Waals surface area contributed by atoms with Crippen LogP contribution in [0, 0.1) is 5.82 Å². The quantitative estimate of drug-likeness (QED) is 0.210. The molecule has 10 nitrogen and oxygen atoms in total. The van der Waals surface area contributed by atoms with Gasteiger partial charge in [0.25, 0.3) is 11.8 Å². The summed E-state index contributed by atoms with van der Waals surface area (Å²) in [6, 6.07) is 19.7. The second kappa shape index (κ2) is 12.1. The van der Waals surface area contributed by atoms with Crippen LogP contribution in [0.1, 0.15) is 46.9 Å². The fraction of sp³-hybridized carbons (Fsp3) is 0.212. The number of hydrogen-bond acceptors (Lipinski definition) is 6. The monoisotopic (exact) mass is 626 g/mol. The van der Waals surface area contributed by atoms with Gasteiger partial charge in [-0.2, -0.15) is 5.10 Å². The first-order chi connectivity index (χ1) is 21.7. The van der Waals surface area contributed by atoms with Crippen molar-refractivity contribution in [1.29, 1.82) is 0 Å². The van der Waals surface area contributed by atoms with Crippen molar-refractivity contribution in [2.75, 3.05) is 22.4 Å². The van der Waals surface area contributed by atoms with Crippen LogP contribution in [-0.2, 0) is 10.0 Å². The fourth-order valence-corrected chi connectivity index (χ4v) is 6.44. The van der Waals surface area contributed by atoms with E-state index >= 15 is 0 Å². The average molecular weight is 627 g/mol. The molecule has 0 saturated heterocycles. The molecule has 1 saturated carbocycles. The van der Waals surface area contributed by atoms with Gasteiger partial charge < -0.3 is 5.32 Å². The Bertz CT molecular complexity index is 2010. The Morgan fingerprint density at radius 1 is 1.02 bits per heavy atom. The smallest absolute Gasteiger partial charge is 0.259 e. The average Bonchev–Trinajstić information content (AvgIpc) is 3.80. The molecule has 3 heterocycles. The summed E-state index contributed by atoms with van der Waals surface area (Å²) < 4.78 is 43.8. The van der Waals surface area contributed by atoms with E-state index in [9.17, 15) is 22.4 Å². The topological polar surface area (TPSA) is 126 Å². The molecule has 230 valence electrons. The highest BCUT2D eigenvalue weighted by atomic mass is 32.2. The SMILES string of the molecule is CCCS(=O)(=O)Nc1cn2nc(-c3ccc(F)cc3)c(C(=O)NC)c2cc1-c1cccc(C(=O)N(c2ccccn2)C2CC2)c1. The number of nitrogens with zero attached hydrogens (tertiary/aromatic N) is 4. The zero-order valence-corrected chi connectivity index (χ0v) is 25.5. The first-order valence-electron chi connectivity index (χ1n) is 14.6. The molecule has 0 spiro atoms. The molecule has 0 radical (unpaired) electrons. The van der Waals surface area contributed by atoms with Crippen LogP contribution >= 0.6 is 0 Å². The molecule has 2 amide bonds. The van der Waals surface area contributed by atoms with Crippen molar-refractivity contribution in [3.8, 4) is 22.4 Å². The summed E-state index contributed by atoms with van der Waals surface area (Å²) in [6.07, 6.45) is 5.31. The highest BCUT2D eigenvalue weighted by Crippen LogP contribution is 2.36. The van der Waals surface area contributed by atoms with E-state index in [-0.39, 0.29) is 29.0 Å². The summed E-state index contributed by atoms with van der Waals surface area (Å²) in [5.41, 5.74) is 3.07. The molecule has 1 aliphatic rings. The molecule has 0 unspecified atom stereocenters. The van der Waals surface area contributed by atoms with Crippen molar-refractivity contribution in [1.82, 2.24) is 19.9 Å². The highest BCUT2D eigenvalue weighted by Gasteiger charge is 2.35. The number of amides is 2. The zero-order valence-electron chi connectivity index (χ0n) is 24.7. The van der Waals surface area contributed by atoms with Crippen molar-refractivity contribution >= 4 is 38.9 Å². The largest absolute Gasteiger partial charge is 0.355 e. The van der Waals surface area contributed by atoms with Crippen molar-refractivity contribution < 1.29 is 22.4 Å². The number of fused-ring (bicyclic) bond motifs is 1. The first-order valence-corrected chi connectivity index (χ1v) is 16.2. The molecule has 6 rings (SSSR count). The lowest BCUT2D eigenvalue weighted by Gasteiger charge is -2.22. The number of pyridine rings is 2. The number of hydrogen-bond donors (Lipinski definition) is 2. The van der Waals surface area contributed by atoms with E-state index in [1.807, 2.05) is 6.07 Å². The Morgan fingerprint density at radius 2 is 1.80 bits per heavy atom. The Kier molecular flexibility index (Phi) is 8.07. The lowest BCUT2D eigenvalue weighted by Crippen LogP contribution is -2.33. The molecule has 12 heteroatoms. The van der Waals surface area contributed by atoms with E-state index in [0.29, 0.717) is 45.7 Å². The summed E-state index contributed by atoms with van der Waals surface area (Å²) in [7, 11) is -2.24. The number of aromatic nitrogens is 3. The maximum absolute atomic E-state index is 13.9. The lowest BCUT2D eigenvalue weighted by atomic mass is 10.00. The van der Waals surface area contributed by atoms with Crippen LogP contribution < -0.4 is 14.9 Å². The van der Waals surface area contributed by atoms with Gasteiger partial charge in [-0.3, -0.25) is 19.2 Å². The second-order valence-corrected chi connectivity index (χ2v) is 12.7. The zero-order chi connectivity index (χ0) is 31.7. The van der Waals surface area contributed by atoms with Crippen LogP contribution in [0.15, 0.2) is 85.2 Å². The van der Waals surface area contributed by atoms with Gasteiger partial charge in [-0.05, 0) is 79.4 Å². The van der Waals surface area contributed by atoms with Gasteiger partial charge in [0.2, 0.25) is 10.0 Å². The number of halogens is 1. The van der Waals surface area contributed by atoms with Crippen LogP contribution in [0.4, 0.5) is 15.9 Å². The van der Waals surface area contributed by atoms with E-state index in [4.69, 9.17) is 0 Å². The van der Waals surface area contributed by atoms with Crippen LogP contribution in [0.5, 0.6) is 0 Å². The van der Waals surface area contributed by atoms with Crippen molar-refractivity contribution in [2.24, 2.45) is 0 Å². The van der Waals surface area contributed by atoms with Gasteiger partial charge in [0.1, 0.15) is 17.3 Å². The van der Waals surface area contributed by atoms with E-state index in [1.165, 1.54) is 42.0 Å². The van der Waals surface area contributed by atoms with Crippen molar-refractivity contribution in [3.63, 3.8) is 0 Å². The molecule has 3 aromatic heterocycles. The normalized spacial score (nSPS) is 13.0. The van der Waals surface area contributed by atoms with Gasteiger partial charge in [0, 0.05) is 36.0 Å². The summed E-state index contributed by atoms with van der Waals surface area (Å²) in [5.74, 6) is -0.619. The minimum Gasteiger partial charge on any atom is -0.355 e. The summed E-state index contributed by atoms with van der Waals surface area (Å²) in [4.78, 5) is 33.2. The maximum Gasteiger partial charge on any atom is 0.259 e. The molecule has 0 bridgehead atoms. The molecule has 5 aromatic rings. The summed E-state index contributed by atoms with van der Waals surface area (Å²) in [5, 5.41) is 7.26. The van der Waals surface area contributed by atoms with Crippen LogP contribution in [-0.4, -0.2) is 53.7 Å². The standard InChI is InChI=1S/C33H31FN6O4S/c1-3-17-45(43,44)38-27-20-39-28(30(32(41)35-2)31(37-39)21-10-12-24(34)13-11-21)19-26(27)22-7-6-8-23(18-22)33(42)40(25-14-15-25)29-9-4-5-16-36-29/h4-13,16,18-20,25,38H,3,14-15,17H2,1-2H3,(H,35,41). The third kappa shape index (κ3) is 6.14. The number of rotatable bonds is 10. The third-order valence-electron chi connectivity index (χ3n) is 7.53. The molecule has 0 atom stereocenters. The predicted octanol–water partition coefficient (Wildman–Crippen LogP) is 5.52. The van der Waals surface area contributed by atoms with Crippen LogP contribution in [0.3, 0.4) is 0 Å². The second-order valence-electron chi connectivity index (χ2n) is 10.8. The maximum atomic E-state index is 13.9. The van der Waals surface area contributed by atoms with Crippen LogP contribution in [0.2, 0.25) is 0 Å². The van der Waals surface area contributed by atoms with Gasteiger partial charge >= 0.3 is 0 Å². The van der Waals surface area contributed by atoms with Crippen molar-refractivity contribution in [3.05, 3.63) is 102 Å². The molecule has 45 heavy (non-hydrogen) atoms. The predicted molar refractivity (Wildman–Crippen MR) is 171 cm³/mol. The van der Waals surface area contributed by atoms with Gasteiger partial charge in [0.05, 0.1) is 28.7 Å². The number of carbonyl (C=O) groups is 2. The van der Waals surface area contributed by atoms with Gasteiger partial charge in [-0.25, -0.2) is 22.3 Å².